The molecule has 1 aromatic rings. The van der Waals surface area contributed by atoms with Gasteiger partial charge < -0.3 is 10.6 Å². The highest BCUT2D eigenvalue weighted by molar-refractivity contribution is 7.92. The highest BCUT2D eigenvalue weighted by atomic mass is 32.2. The molecule has 7 heteroatoms. The van der Waals surface area contributed by atoms with Crippen molar-refractivity contribution in [1.29, 1.82) is 0 Å². The van der Waals surface area contributed by atoms with Crippen LogP contribution in [0.3, 0.4) is 0 Å². The predicted octanol–water partition coefficient (Wildman–Crippen LogP) is 1.53. The molecule has 2 rings (SSSR count). The van der Waals surface area contributed by atoms with Crippen molar-refractivity contribution in [1.82, 2.24) is 5.32 Å². The molecule has 1 aliphatic heterocycles. The highest BCUT2D eigenvalue weighted by Gasteiger charge is 2.19. The lowest BCUT2D eigenvalue weighted by Crippen LogP contribution is -2.39. The quantitative estimate of drug-likeness (QED) is 0.787. The second-order valence-corrected chi connectivity index (χ2v) is 7.05. The minimum Gasteiger partial charge on any atom is -0.325 e. The molecular formula is C14H21N3O3S. The standard InChI is InChI=1S/C14H21N3O3S/c1-21(19,20)17-12-8-6-11(7-9-12)16-14(18)13-5-3-2-4-10-15-13/h6-9,13,15,17H,2-5,10H2,1H3,(H,16,18). The van der Waals surface area contributed by atoms with E-state index in [0.29, 0.717) is 11.4 Å². The largest absolute Gasteiger partial charge is 0.325 e. The van der Waals surface area contributed by atoms with Crippen LogP contribution in [0.25, 0.3) is 0 Å². The lowest BCUT2D eigenvalue weighted by atomic mass is 10.1. The van der Waals surface area contributed by atoms with Crippen LogP contribution in [0, 0.1) is 0 Å². The van der Waals surface area contributed by atoms with Gasteiger partial charge in [-0.2, -0.15) is 0 Å². The minimum atomic E-state index is -3.28. The Morgan fingerprint density at radius 1 is 1.14 bits per heavy atom. The summed E-state index contributed by atoms with van der Waals surface area (Å²) in [4.78, 5) is 12.1. The molecule has 116 valence electrons. The Morgan fingerprint density at radius 3 is 2.48 bits per heavy atom. The fourth-order valence-electron chi connectivity index (χ4n) is 2.32. The van der Waals surface area contributed by atoms with Crippen molar-refractivity contribution in [2.75, 3.05) is 22.8 Å². The Morgan fingerprint density at radius 2 is 1.81 bits per heavy atom. The van der Waals surface area contributed by atoms with Crippen LogP contribution < -0.4 is 15.4 Å². The first-order valence-corrected chi connectivity index (χ1v) is 8.95. The molecule has 1 unspecified atom stereocenters. The molecule has 1 heterocycles. The summed E-state index contributed by atoms with van der Waals surface area (Å²) < 4.78 is 24.6. The van der Waals surface area contributed by atoms with Crippen LogP contribution in [0.4, 0.5) is 11.4 Å². The Bertz CT molecular complexity index is 576. The Balaban J connectivity index is 1.94. The summed E-state index contributed by atoms with van der Waals surface area (Å²) in [5, 5.41) is 6.09. The Hall–Kier alpha value is -1.60. The molecule has 0 aliphatic carbocycles. The normalized spacial score (nSPS) is 19.6. The third-order valence-electron chi connectivity index (χ3n) is 3.33. The fraction of sp³-hybridized carbons (Fsp3) is 0.500. The van der Waals surface area contributed by atoms with E-state index in [1.165, 1.54) is 0 Å². The molecule has 0 bridgehead atoms. The summed E-state index contributed by atoms with van der Waals surface area (Å²) in [7, 11) is -3.28. The van der Waals surface area contributed by atoms with E-state index < -0.39 is 10.0 Å². The second-order valence-electron chi connectivity index (χ2n) is 5.30. The van der Waals surface area contributed by atoms with Crippen molar-refractivity contribution >= 4 is 27.3 Å². The fourth-order valence-corrected chi connectivity index (χ4v) is 2.88. The number of amides is 1. The lowest BCUT2D eigenvalue weighted by molar-refractivity contribution is -0.118. The van der Waals surface area contributed by atoms with Gasteiger partial charge in [0.25, 0.3) is 0 Å². The van der Waals surface area contributed by atoms with Gasteiger partial charge >= 0.3 is 0 Å². The maximum absolute atomic E-state index is 12.1. The van der Waals surface area contributed by atoms with E-state index in [0.717, 1.165) is 38.5 Å². The van der Waals surface area contributed by atoms with Crippen molar-refractivity contribution in [3.05, 3.63) is 24.3 Å². The summed E-state index contributed by atoms with van der Waals surface area (Å²) in [6.45, 7) is 0.870. The monoisotopic (exact) mass is 311 g/mol. The smallest absolute Gasteiger partial charge is 0.241 e. The number of benzene rings is 1. The van der Waals surface area contributed by atoms with Crippen molar-refractivity contribution in [2.24, 2.45) is 0 Å². The number of anilines is 2. The Kier molecular flexibility index (Phi) is 5.19. The van der Waals surface area contributed by atoms with Crippen LogP contribution >= 0.6 is 0 Å². The van der Waals surface area contributed by atoms with E-state index in [9.17, 15) is 13.2 Å². The molecule has 1 saturated heterocycles. The van der Waals surface area contributed by atoms with Gasteiger partial charge in [-0.25, -0.2) is 8.42 Å². The van der Waals surface area contributed by atoms with Crippen LogP contribution in [-0.2, 0) is 14.8 Å². The number of hydrogen-bond acceptors (Lipinski definition) is 4. The molecular weight excluding hydrogens is 290 g/mol. The first kappa shape index (κ1) is 15.8. The SMILES string of the molecule is CS(=O)(=O)Nc1ccc(NC(=O)C2CCCCCN2)cc1. The summed E-state index contributed by atoms with van der Waals surface area (Å²) in [6, 6.07) is 6.46. The van der Waals surface area contributed by atoms with Gasteiger partial charge in [0.05, 0.1) is 12.3 Å². The van der Waals surface area contributed by atoms with Gasteiger partial charge in [-0.15, -0.1) is 0 Å². The van der Waals surface area contributed by atoms with Crippen molar-refractivity contribution in [2.45, 2.75) is 31.7 Å². The zero-order chi connectivity index (χ0) is 15.3. The average molecular weight is 311 g/mol. The van der Waals surface area contributed by atoms with Gasteiger partial charge in [0.15, 0.2) is 0 Å². The van der Waals surface area contributed by atoms with Crippen molar-refractivity contribution < 1.29 is 13.2 Å². The molecule has 1 fully saturated rings. The lowest BCUT2D eigenvalue weighted by Gasteiger charge is -2.15. The molecule has 0 spiro atoms. The topological polar surface area (TPSA) is 87.3 Å². The summed E-state index contributed by atoms with van der Waals surface area (Å²) in [6.07, 6.45) is 5.26. The van der Waals surface area contributed by atoms with E-state index in [1.807, 2.05) is 0 Å². The zero-order valence-corrected chi connectivity index (χ0v) is 12.9. The number of sulfonamides is 1. The average Bonchev–Trinajstić information content (AvgIpc) is 2.68. The van der Waals surface area contributed by atoms with Gasteiger partial charge in [-0.3, -0.25) is 9.52 Å². The third-order valence-corrected chi connectivity index (χ3v) is 3.94. The molecule has 1 atom stereocenters. The van der Waals surface area contributed by atoms with Crippen LogP contribution in [0.1, 0.15) is 25.7 Å². The van der Waals surface area contributed by atoms with Gasteiger partial charge in [-0.1, -0.05) is 12.8 Å². The number of nitrogens with one attached hydrogen (secondary N) is 3. The maximum atomic E-state index is 12.1. The second kappa shape index (κ2) is 6.91. The molecule has 1 amide bonds. The summed E-state index contributed by atoms with van der Waals surface area (Å²) in [5.41, 5.74) is 1.13. The maximum Gasteiger partial charge on any atom is 0.241 e. The summed E-state index contributed by atoms with van der Waals surface area (Å²) in [5.74, 6) is -0.0410. The first-order chi connectivity index (χ1) is 9.94. The van der Waals surface area contributed by atoms with Crippen molar-refractivity contribution in [3.8, 4) is 0 Å². The molecule has 0 aromatic heterocycles. The van der Waals surface area contributed by atoms with Gasteiger partial charge in [-0.05, 0) is 43.7 Å². The number of hydrogen-bond donors (Lipinski definition) is 3. The van der Waals surface area contributed by atoms with E-state index in [-0.39, 0.29) is 11.9 Å². The minimum absolute atomic E-state index is 0.0410. The number of rotatable bonds is 4. The molecule has 1 aliphatic rings. The van der Waals surface area contributed by atoms with E-state index in [2.05, 4.69) is 15.4 Å². The zero-order valence-electron chi connectivity index (χ0n) is 12.1. The molecule has 6 nitrogen and oxygen atoms in total. The highest BCUT2D eigenvalue weighted by Crippen LogP contribution is 2.16. The molecule has 1 aromatic carbocycles. The van der Waals surface area contributed by atoms with E-state index >= 15 is 0 Å². The van der Waals surface area contributed by atoms with Crippen LogP contribution in [0.15, 0.2) is 24.3 Å². The van der Waals surface area contributed by atoms with Gasteiger partial charge in [0.2, 0.25) is 15.9 Å². The first-order valence-electron chi connectivity index (χ1n) is 7.06. The summed E-state index contributed by atoms with van der Waals surface area (Å²) >= 11 is 0. The molecule has 3 N–H and O–H groups in total. The van der Waals surface area contributed by atoms with Crippen LogP contribution in [-0.4, -0.2) is 33.2 Å². The molecule has 21 heavy (non-hydrogen) atoms. The van der Waals surface area contributed by atoms with Crippen LogP contribution in [0.2, 0.25) is 0 Å². The third kappa shape index (κ3) is 5.35. The van der Waals surface area contributed by atoms with Gasteiger partial charge in [0.1, 0.15) is 0 Å². The van der Waals surface area contributed by atoms with Crippen LogP contribution in [0.5, 0.6) is 0 Å². The predicted molar refractivity (Wildman–Crippen MR) is 83.8 cm³/mol. The van der Waals surface area contributed by atoms with E-state index in [1.54, 1.807) is 24.3 Å². The number of carbonyl (C=O) groups excluding carboxylic acids is 1. The molecule has 0 saturated carbocycles. The van der Waals surface area contributed by atoms with E-state index in [4.69, 9.17) is 0 Å². The van der Waals surface area contributed by atoms with Crippen molar-refractivity contribution in [3.63, 3.8) is 0 Å². The molecule has 0 radical (unpaired) electrons. The number of carbonyl (C=O) groups is 1. The Labute approximate surface area is 125 Å². The van der Waals surface area contributed by atoms with Gasteiger partial charge in [0, 0.05) is 11.4 Å².